The third-order valence-electron chi connectivity index (χ3n) is 4.80. The van der Waals surface area contributed by atoms with Crippen LogP contribution in [0.3, 0.4) is 0 Å². The second-order valence-corrected chi connectivity index (χ2v) is 9.32. The van der Waals surface area contributed by atoms with Crippen molar-refractivity contribution in [2.75, 3.05) is 0 Å². The zero-order valence-electron chi connectivity index (χ0n) is 16.2. The second kappa shape index (κ2) is 7.74. The lowest BCUT2D eigenvalue weighted by molar-refractivity contribution is 0.0366. The molecule has 9 heteroatoms. The molecule has 3 rings (SSSR count). The van der Waals surface area contributed by atoms with Gasteiger partial charge in [0.15, 0.2) is 0 Å². The summed E-state index contributed by atoms with van der Waals surface area (Å²) in [4.78, 5) is 27.6. The number of H-pyrrole nitrogens is 1. The van der Waals surface area contributed by atoms with E-state index < -0.39 is 23.2 Å². The van der Waals surface area contributed by atoms with E-state index in [1.165, 1.54) is 18.3 Å². The average Bonchev–Trinajstić information content (AvgIpc) is 2.93. The van der Waals surface area contributed by atoms with Gasteiger partial charge in [-0.3, -0.25) is 0 Å². The van der Waals surface area contributed by atoms with Gasteiger partial charge in [-0.2, -0.15) is 0 Å². The average molecular weight is 460 g/mol. The van der Waals surface area contributed by atoms with Gasteiger partial charge in [0.2, 0.25) is 0 Å². The molecule has 1 fully saturated rings. The van der Waals surface area contributed by atoms with Crippen molar-refractivity contribution >= 4 is 46.9 Å². The molecule has 0 radical (unpaired) electrons. The molecular formula is C20H21Cl3N2O4. The highest BCUT2D eigenvalue weighted by atomic mass is 35.5. The number of carbonyl (C=O) groups is 2. The maximum Gasteiger partial charge on any atom is 0.408 e. The van der Waals surface area contributed by atoms with Crippen molar-refractivity contribution in [3.8, 4) is 11.1 Å². The number of carboxylic acids is 1. The highest BCUT2D eigenvalue weighted by Gasteiger charge is 2.45. The first-order valence-corrected chi connectivity index (χ1v) is 10.2. The van der Waals surface area contributed by atoms with Crippen LogP contribution in [-0.2, 0) is 10.3 Å². The minimum Gasteiger partial charge on any atom is -0.478 e. The molecule has 0 bridgehead atoms. The monoisotopic (exact) mass is 458 g/mol. The lowest BCUT2D eigenvalue weighted by Crippen LogP contribution is -2.53. The molecule has 29 heavy (non-hydrogen) atoms. The van der Waals surface area contributed by atoms with Crippen molar-refractivity contribution < 1.29 is 19.4 Å². The topological polar surface area (TPSA) is 91.4 Å². The first-order chi connectivity index (χ1) is 13.4. The molecule has 1 aliphatic carbocycles. The van der Waals surface area contributed by atoms with Gasteiger partial charge < -0.3 is 20.1 Å². The Bertz CT molecular complexity index is 952. The van der Waals surface area contributed by atoms with Crippen molar-refractivity contribution in [3.05, 3.63) is 44.7 Å². The third kappa shape index (κ3) is 4.34. The van der Waals surface area contributed by atoms with Gasteiger partial charge in [-0.05, 0) is 52.2 Å². The number of carbonyl (C=O) groups excluding carboxylic acids is 1. The van der Waals surface area contributed by atoms with Gasteiger partial charge in [0, 0.05) is 22.3 Å². The van der Waals surface area contributed by atoms with E-state index in [9.17, 15) is 14.7 Å². The largest absolute Gasteiger partial charge is 0.478 e. The first kappa shape index (κ1) is 21.8. The van der Waals surface area contributed by atoms with Crippen molar-refractivity contribution in [1.29, 1.82) is 0 Å². The number of nitrogens with one attached hydrogen (secondary N) is 2. The summed E-state index contributed by atoms with van der Waals surface area (Å²) in [6, 6.07) is 3.00. The van der Waals surface area contributed by atoms with E-state index in [2.05, 4.69) is 10.3 Å². The van der Waals surface area contributed by atoms with Gasteiger partial charge in [0.05, 0.1) is 26.8 Å². The number of hydrogen-bond acceptors (Lipinski definition) is 3. The molecule has 1 saturated carbocycles. The van der Waals surface area contributed by atoms with E-state index in [0.29, 0.717) is 34.7 Å². The molecule has 1 aromatic carbocycles. The van der Waals surface area contributed by atoms with Crippen LogP contribution in [0.4, 0.5) is 4.79 Å². The Morgan fingerprint density at radius 2 is 1.76 bits per heavy atom. The fourth-order valence-electron chi connectivity index (χ4n) is 3.49. The van der Waals surface area contributed by atoms with Crippen LogP contribution in [0.2, 0.25) is 15.1 Å². The van der Waals surface area contributed by atoms with Gasteiger partial charge in [-0.25, -0.2) is 9.59 Å². The molecule has 1 heterocycles. The molecule has 156 valence electrons. The summed E-state index contributed by atoms with van der Waals surface area (Å²) in [6.45, 7) is 5.29. The first-order valence-electron chi connectivity index (χ1n) is 9.05. The van der Waals surface area contributed by atoms with Gasteiger partial charge in [0.1, 0.15) is 5.60 Å². The summed E-state index contributed by atoms with van der Waals surface area (Å²) in [6.07, 6.45) is 2.93. The highest BCUT2D eigenvalue weighted by molar-refractivity contribution is 6.42. The zero-order valence-corrected chi connectivity index (χ0v) is 18.4. The minimum atomic E-state index is -1.16. The van der Waals surface area contributed by atoms with Crippen LogP contribution >= 0.6 is 34.8 Å². The minimum absolute atomic E-state index is 0.00637. The molecule has 1 aliphatic rings. The smallest absolute Gasteiger partial charge is 0.408 e. The number of aromatic nitrogens is 1. The van der Waals surface area contributed by atoms with Gasteiger partial charge >= 0.3 is 12.1 Å². The standard InChI is InChI=1S/C20H21Cl3N2O4/c1-19(2,3)29-18(28)25-20(5-4-6-20)16-15(17(26)27)11(9-24-16)14-12(22)7-10(21)8-13(14)23/h7-9,24H,4-6H2,1-3H3,(H,25,28)(H,26,27). The van der Waals surface area contributed by atoms with E-state index >= 15 is 0 Å². The van der Waals surface area contributed by atoms with Gasteiger partial charge in [0.25, 0.3) is 0 Å². The maximum absolute atomic E-state index is 12.4. The number of benzene rings is 1. The van der Waals surface area contributed by atoms with Crippen LogP contribution in [0.1, 0.15) is 56.1 Å². The third-order valence-corrected chi connectivity index (χ3v) is 5.61. The number of aromatic carboxylic acids is 1. The SMILES string of the molecule is CC(C)(C)OC(=O)NC1(c2[nH]cc(-c3c(Cl)cc(Cl)cc3Cl)c2C(=O)O)CCC1. The Morgan fingerprint density at radius 3 is 2.21 bits per heavy atom. The Labute approximate surface area is 183 Å². The normalized spacial score (nSPS) is 15.5. The number of halogens is 3. The molecule has 3 N–H and O–H groups in total. The zero-order chi connectivity index (χ0) is 21.6. The maximum atomic E-state index is 12.4. The number of ether oxygens (including phenoxy) is 1. The molecule has 0 spiro atoms. The lowest BCUT2D eigenvalue weighted by Gasteiger charge is -2.42. The van der Waals surface area contributed by atoms with E-state index in [1.54, 1.807) is 20.8 Å². The summed E-state index contributed by atoms with van der Waals surface area (Å²) < 4.78 is 5.37. The molecule has 2 aromatic rings. The Hall–Kier alpha value is -1.89. The fourth-order valence-corrected chi connectivity index (χ4v) is 4.51. The van der Waals surface area contributed by atoms with Gasteiger partial charge in [-0.1, -0.05) is 34.8 Å². The summed E-state index contributed by atoms with van der Waals surface area (Å²) in [5, 5.41) is 13.6. The van der Waals surface area contributed by atoms with E-state index in [0.717, 1.165) is 6.42 Å². The summed E-state index contributed by atoms with van der Waals surface area (Å²) in [5.74, 6) is -1.16. The van der Waals surface area contributed by atoms with Crippen molar-refractivity contribution in [1.82, 2.24) is 10.3 Å². The number of hydrogen-bond donors (Lipinski definition) is 3. The summed E-state index contributed by atoms with van der Waals surface area (Å²) in [5.41, 5.74) is -0.442. The Morgan fingerprint density at radius 1 is 1.17 bits per heavy atom. The second-order valence-electron chi connectivity index (χ2n) is 8.06. The Balaban J connectivity index is 2.07. The predicted molar refractivity (Wildman–Crippen MR) is 113 cm³/mol. The molecule has 0 saturated heterocycles. The number of amides is 1. The van der Waals surface area contributed by atoms with Crippen LogP contribution in [0.5, 0.6) is 0 Å². The van der Waals surface area contributed by atoms with Crippen LogP contribution in [-0.4, -0.2) is 27.8 Å². The molecule has 1 amide bonds. The molecule has 0 aliphatic heterocycles. The van der Waals surface area contributed by atoms with E-state index in [-0.39, 0.29) is 15.6 Å². The van der Waals surface area contributed by atoms with Crippen molar-refractivity contribution in [2.45, 2.75) is 51.2 Å². The molecule has 1 aromatic heterocycles. The van der Waals surface area contributed by atoms with Crippen LogP contribution < -0.4 is 5.32 Å². The van der Waals surface area contributed by atoms with Crippen LogP contribution in [0.25, 0.3) is 11.1 Å². The van der Waals surface area contributed by atoms with Crippen LogP contribution in [0, 0.1) is 0 Å². The predicted octanol–water partition coefficient (Wildman–Crippen LogP) is 6.24. The quantitative estimate of drug-likeness (QED) is 0.504. The summed E-state index contributed by atoms with van der Waals surface area (Å²) >= 11 is 18.6. The molecule has 0 unspecified atom stereocenters. The van der Waals surface area contributed by atoms with Crippen molar-refractivity contribution in [2.24, 2.45) is 0 Å². The molecule has 6 nitrogen and oxygen atoms in total. The van der Waals surface area contributed by atoms with Gasteiger partial charge in [-0.15, -0.1) is 0 Å². The van der Waals surface area contributed by atoms with E-state index in [4.69, 9.17) is 39.5 Å². The number of aromatic amines is 1. The molecular weight excluding hydrogens is 439 g/mol. The number of carboxylic acid groups (broad SMARTS) is 1. The van der Waals surface area contributed by atoms with Crippen LogP contribution in [0.15, 0.2) is 18.3 Å². The summed E-state index contributed by atoms with van der Waals surface area (Å²) in [7, 11) is 0. The fraction of sp³-hybridized carbons (Fsp3) is 0.400. The van der Waals surface area contributed by atoms with Crippen molar-refractivity contribution in [3.63, 3.8) is 0 Å². The number of alkyl carbamates (subject to hydrolysis) is 1. The van der Waals surface area contributed by atoms with E-state index in [1.807, 2.05) is 0 Å². The molecule has 0 atom stereocenters. The highest BCUT2D eigenvalue weighted by Crippen LogP contribution is 2.46. The lowest BCUT2D eigenvalue weighted by atomic mass is 9.73. The Kier molecular flexibility index (Phi) is 5.82. The number of rotatable bonds is 4.